The number of halogens is 2. The van der Waals surface area contributed by atoms with E-state index in [2.05, 4.69) is 48.1 Å². The molecule has 0 atom stereocenters. The van der Waals surface area contributed by atoms with Gasteiger partial charge in [-0.2, -0.15) is 8.78 Å². The molecule has 3 aromatic rings. The number of alkyl halides is 2. The molecule has 0 saturated carbocycles. The number of benzene rings is 3. The molecule has 0 aliphatic heterocycles. The molecule has 0 heterocycles. The average molecular weight is 340 g/mol. The molecule has 0 radical (unpaired) electrons. The minimum Gasteiger partial charge on any atom is -0.435 e. The fourth-order valence-corrected chi connectivity index (χ4v) is 3.14. The molecular weight excluding hydrogens is 318 g/mol. The molecule has 0 saturated heterocycles. The van der Waals surface area contributed by atoms with E-state index in [0.29, 0.717) is 0 Å². The number of rotatable bonds is 7. The zero-order valence-corrected chi connectivity index (χ0v) is 14.3. The molecule has 0 spiro atoms. The molecule has 3 heteroatoms. The molecule has 0 aromatic heterocycles. The van der Waals surface area contributed by atoms with Gasteiger partial charge in [0.1, 0.15) is 5.75 Å². The third-order valence-corrected chi connectivity index (χ3v) is 4.43. The van der Waals surface area contributed by atoms with Gasteiger partial charge < -0.3 is 4.74 Å². The van der Waals surface area contributed by atoms with Crippen LogP contribution in [0.25, 0.3) is 21.9 Å². The van der Waals surface area contributed by atoms with Crippen molar-refractivity contribution >= 4 is 10.8 Å². The minimum absolute atomic E-state index is 0.178. The van der Waals surface area contributed by atoms with Crippen molar-refractivity contribution in [2.75, 3.05) is 0 Å². The van der Waals surface area contributed by atoms with Crippen molar-refractivity contribution in [2.45, 2.75) is 39.2 Å². The van der Waals surface area contributed by atoms with E-state index in [9.17, 15) is 8.78 Å². The van der Waals surface area contributed by atoms with Crippen molar-refractivity contribution in [1.29, 1.82) is 0 Å². The molecule has 0 N–H and O–H groups in total. The second-order valence-electron chi connectivity index (χ2n) is 6.21. The fourth-order valence-electron chi connectivity index (χ4n) is 3.14. The van der Waals surface area contributed by atoms with Gasteiger partial charge in [-0.3, -0.25) is 0 Å². The van der Waals surface area contributed by atoms with E-state index < -0.39 is 6.61 Å². The van der Waals surface area contributed by atoms with E-state index in [4.69, 9.17) is 0 Å². The summed E-state index contributed by atoms with van der Waals surface area (Å²) in [6, 6.07) is 19.6. The number of aryl methyl sites for hydroxylation is 1. The van der Waals surface area contributed by atoms with E-state index in [0.717, 1.165) is 17.5 Å². The normalized spacial score (nSPS) is 11.2. The van der Waals surface area contributed by atoms with Gasteiger partial charge in [0, 0.05) is 0 Å². The number of hydrogen-bond acceptors (Lipinski definition) is 1. The summed E-state index contributed by atoms with van der Waals surface area (Å²) in [7, 11) is 0. The predicted molar refractivity (Wildman–Crippen MR) is 99.2 cm³/mol. The summed E-state index contributed by atoms with van der Waals surface area (Å²) in [4.78, 5) is 0. The Hall–Kier alpha value is -2.42. The standard InChI is InChI=1S/C22H22F2O/c1-2-3-4-6-17-7-5-8-19-15-18(11-14-21(17)19)16-9-12-20(13-10-16)25-22(23)24/h5,7-15,22H,2-4,6H2,1H3. The summed E-state index contributed by atoms with van der Waals surface area (Å²) in [6.07, 6.45) is 4.79. The van der Waals surface area contributed by atoms with Gasteiger partial charge in [-0.15, -0.1) is 0 Å². The highest BCUT2D eigenvalue weighted by Gasteiger charge is 2.06. The van der Waals surface area contributed by atoms with Gasteiger partial charge in [-0.05, 0) is 58.5 Å². The zero-order valence-electron chi connectivity index (χ0n) is 14.3. The second kappa shape index (κ2) is 8.11. The van der Waals surface area contributed by atoms with Crippen LogP contribution in [0.2, 0.25) is 0 Å². The van der Waals surface area contributed by atoms with Crippen LogP contribution >= 0.6 is 0 Å². The van der Waals surface area contributed by atoms with Crippen LogP contribution in [0.5, 0.6) is 5.75 Å². The largest absolute Gasteiger partial charge is 0.435 e. The minimum atomic E-state index is -2.79. The highest BCUT2D eigenvalue weighted by molar-refractivity contribution is 5.89. The van der Waals surface area contributed by atoms with Crippen LogP contribution in [-0.2, 0) is 6.42 Å². The Balaban J connectivity index is 1.86. The summed E-state index contributed by atoms with van der Waals surface area (Å²) < 4.78 is 28.9. The Morgan fingerprint density at radius 1 is 0.880 bits per heavy atom. The van der Waals surface area contributed by atoms with Gasteiger partial charge in [0.05, 0.1) is 0 Å². The monoisotopic (exact) mass is 340 g/mol. The van der Waals surface area contributed by atoms with Crippen LogP contribution in [0.15, 0.2) is 60.7 Å². The SMILES string of the molecule is CCCCCc1cccc2cc(-c3ccc(OC(F)F)cc3)ccc12. The average Bonchev–Trinajstić information content (AvgIpc) is 2.62. The highest BCUT2D eigenvalue weighted by Crippen LogP contribution is 2.28. The first-order chi connectivity index (χ1) is 12.2. The smallest absolute Gasteiger partial charge is 0.387 e. The number of ether oxygens (including phenoxy) is 1. The van der Waals surface area contributed by atoms with Gasteiger partial charge in [-0.25, -0.2) is 0 Å². The van der Waals surface area contributed by atoms with Crippen LogP contribution in [-0.4, -0.2) is 6.61 Å². The Kier molecular flexibility index (Phi) is 5.64. The molecule has 130 valence electrons. The third kappa shape index (κ3) is 4.36. The molecule has 25 heavy (non-hydrogen) atoms. The van der Waals surface area contributed by atoms with E-state index in [-0.39, 0.29) is 5.75 Å². The molecule has 3 rings (SSSR count). The van der Waals surface area contributed by atoms with E-state index >= 15 is 0 Å². The molecule has 3 aromatic carbocycles. The second-order valence-corrected chi connectivity index (χ2v) is 6.21. The highest BCUT2D eigenvalue weighted by atomic mass is 19.3. The van der Waals surface area contributed by atoms with Gasteiger partial charge in [0.2, 0.25) is 0 Å². The lowest BCUT2D eigenvalue weighted by molar-refractivity contribution is -0.0498. The first-order valence-electron chi connectivity index (χ1n) is 8.74. The maximum Gasteiger partial charge on any atom is 0.387 e. The number of unbranched alkanes of at least 4 members (excludes halogenated alkanes) is 2. The molecule has 0 fully saturated rings. The molecule has 0 bridgehead atoms. The van der Waals surface area contributed by atoms with Crippen molar-refractivity contribution in [2.24, 2.45) is 0 Å². The molecule has 0 aliphatic rings. The van der Waals surface area contributed by atoms with Gasteiger partial charge in [0.15, 0.2) is 0 Å². The summed E-state index contributed by atoms with van der Waals surface area (Å²) in [5.74, 6) is 0.178. The lowest BCUT2D eigenvalue weighted by Gasteiger charge is -2.10. The third-order valence-electron chi connectivity index (χ3n) is 4.43. The van der Waals surface area contributed by atoms with Crippen LogP contribution < -0.4 is 4.74 Å². The molecule has 0 amide bonds. The Morgan fingerprint density at radius 3 is 2.36 bits per heavy atom. The van der Waals surface area contributed by atoms with E-state index in [1.54, 1.807) is 12.1 Å². The Labute approximate surface area is 147 Å². The summed E-state index contributed by atoms with van der Waals surface area (Å²) in [6.45, 7) is -0.579. The van der Waals surface area contributed by atoms with Crippen LogP contribution in [0, 0.1) is 0 Å². The van der Waals surface area contributed by atoms with Gasteiger partial charge in [-0.1, -0.05) is 62.2 Å². The van der Waals surface area contributed by atoms with Crippen LogP contribution in [0.1, 0.15) is 31.7 Å². The summed E-state index contributed by atoms with van der Waals surface area (Å²) in [5.41, 5.74) is 3.44. The van der Waals surface area contributed by atoms with Gasteiger partial charge >= 0.3 is 6.61 Å². The predicted octanol–water partition coefficient (Wildman–Crippen LogP) is 6.84. The lowest BCUT2D eigenvalue weighted by Crippen LogP contribution is -2.01. The topological polar surface area (TPSA) is 9.23 Å². The first-order valence-corrected chi connectivity index (χ1v) is 8.74. The van der Waals surface area contributed by atoms with Crippen molar-refractivity contribution in [3.8, 4) is 16.9 Å². The van der Waals surface area contributed by atoms with Crippen molar-refractivity contribution < 1.29 is 13.5 Å². The van der Waals surface area contributed by atoms with Crippen molar-refractivity contribution in [3.63, 3.8) is 0 Å². The van der Waals surface area contributed by atoms with Gasteiger partial charge in [0.25, 0.3) is 0 Å². The van der Waals surface area contributed by atoms with Crippen molar-refractivity contribution in [3.05, 3.63) is 66.2 Å². The molecular formula is C22H22F2O. The molecule has 0 aliphatic carbocycles. The quantitative estimate of drug-likeness (QED) is 0.428. The van der Waals surface area contributed by atoms with Crippen LogP contribution in [0.3, 0.4) is 0 Å². The van der Waals surface area contributed by atoms with E-state index in [1.165, 1.54) is 35.6 Å². The van der Waals surface area contributed by atoms with Crippen molar-refractivity contribution in [1.82, 2.24) is 0 Å². The zero-order chi connectivity index (χ0) is 17.6. The Bertz CT molecular complexity index is 825. The molecule has 0 unspecified atom stereocenters. The fraction of sp³-hybridized carbons (Fsp3) is 0.273. The number of fused-ring (bicyclic) bond motifs is 1. The molecule has 1 nitrogen and oxygen atoms in total. The van der Waals surface area contributed by atoms with Crippen LogP contribution in [0.4, 0.5) is 8.78 Å². The van der Waals surface area contributed by atoms with E-state index in [1.807, 2.05) is 12.1 Å². The Morgan fingerprint density at radius 2 is 1.64 bits per heavy atom. The maximum atomic E-state index is 12.2. The lowest BCUT2D eigenvalue weighted by atomic mass is 9.96. The summed E-state index contributed by atoms with van der Waals surface area (Å²) >= 11 is 0. The first kappa shape index (κ1) is 17.4. The maximum absolute atomic E-state index is 12.2. The number of hydrogen-bond donors (Lipinski definition) is 0. The summed E-state index contributed by atoms with van der Waals surface area (Å²) in [5, 5.41) is 2.50.